The van der Waals surface area contributed by atoms with Gasteiger partial charge in [-0.3, -0.25) is 0 Å². The molecule has 1 nitrogen and oxygen atoms in total. The number of hydrogen-bond acceptors (Lipinski definition) is 1. The summed E-state index contributed by atoms with van der Waals surface area (Å²) in [4.78, 5) is 0. The van der Waals surface area contributed by atoms with Crippen molar-refractivity contribution in [1.29, 1.82) is 0 Å². The van der Waals surface area contributed by atoms with Crippen molar-refractivity contribution >= 4 is 5.69 Å². The van der Waals surface area contributed by atoms with Crippen molar-refractivity contribution in [3.05, 3.63) is 28.8 Å². The van der Waals surface area contributed by atoms with Gasteiger partial charge in [-0.15, -0.1) is 0 Å². The Morgan fingerprint density at radius 3 is 2.64 bits per heavy atom. The summed E-state index contributed by atoms with van der Waals surface area (Å²) in [6, 6.07) is 4.40. The van der Waals surface area contributed by atoms with Gasteiger partial charge in [0.1, 0.15) is 0 Å². The molecule has 0 saturated carbocycles. The van der Waals surface area contributed by atoms with Gasteiger partial charge < -0.3 is 5.32 Å². The van der Waals surface area contributed by atoms with Crippen LogP contribution in [0.4, 0.5) is 5.69 Å². The van der Waals surface area contributed by atoms with Crippen LogP contribution < -0.4 is 5.32 Å². The molecule has 1 aliphatic rings. The second-order valence-corrected chi connectivity index (χ2v) is 3.23. The van der Waals surface area contributed by atoms with Gasteiger partial charge in [-0.2, -0.15) is 0 Å². The van der Waals surface area contributed by atoms with Crippen molar-refractivity contribution in [2.45, 2.75) is 20.3 Å². The van der Waals surface area contributed by atoms with Crippen LogP contribution in [0.25, 0.3) is 0 Å². The van der Waals surface area contributed by atoms with Gasteiger partial charge in [0.25, 0.3) is 0 Å². The average molecular weight is 147 g/mol. The molecular weight excluding hydrogens is 134 g/mol. The highest BCUT2D eigenvalue weighted by atomic mass is 14.9. The summed E-state index contributed by atoms with van der Waals surface area (Å²) in [5.74, 6) is 0. The minimum atomic E-state index is 1.11. The molecule has 0 radical (unpaired) electrons. The van der Waals surface area contributed by atoms with E-state index in [0.29, 0.717) is 0 Å². The summed E-state index contributed by atoms with van der Waals surface area (Å²) in [7, 11) is 0. The number of rotatable bonds is 0. The largest absolute Gasteiger partial charge is 0.384 e. The van der Waals surface area contributed by atoms with Gasteiger partial charge in [-0.25, -0.2) is 0 Å². The summed E-state index contributed by atoms with van der Waals surface area (Å²) >= 11 is 0. The topological polar surface area (TPSA) is 12.0 Å². The van der Waals surface area contributed by atoms with E-state index in [-0.39, 0.29) is 0 Å². The van der Waals surface area contributed by atoms with Gasteiger partial charge in [0.2, 0.25) is 0 Å². The van der Waals surface area contributed by atoms with E-state index in [0.717, 1.165) is 6.54 Å². The Kier molecular flexibility index (Phi) is 1.38. The highest BCUT2D eigenvalue weighted by Gasteiger charge is 2.13. The van der Waals surface area contributed by atoms with E-state index < -0.39 is 0 Å². The fourth-order valence-corrected chi connectivity index (χ4v) is 1.75. The molecule has 0 aromatic heterocycles. The smallest absolute Gasteiger partial charge is 0.0405 e. The van der Waals surface area contributed by atoms with Crippen molar-refractivity contribution < 1.29 is 0 Å². The maximum atomic E-state index is 3.41. The number of hydrogen-bond donors (Lipinski definition) is 1. The van der Waals surface area contributed by atoms with Crippen molar-refractivity contribution in [3.8, 4) is 0 Å². The van der Waals surface area contributed by atoms with Crippen LogP contribution in [-0.2, 0) is 6.42 Å². The van der Waals surface area contributed by atoms with Crippen molar-refractivity contribution in [1.82, 2.24) is 0 Å². The Morgan fingerprint density at radius 1 is 1.18 bits per heavy atom. The second kappa shape index (κ2) is 2.26. The first-order chi connectivity index (χ1) is 5.29. The van der Waals surface area contributed by atoms with Crippen molar-refractivity contribution in [3.63, 3.8) is 0 Å². The summed E-state index contributed by atoms with van der Waals surface area (Å²) < 4.78 is 0. The third kappa shape index (κ3) is 0.917. The molecule has 0 saturated heterocycles. The molecule has 1 heterocycles. The number of benzene rings is 1. The van der Waals surface area contributed by atoms with Gasteiger partial charge in [0, 0.05) is 12.2 Å². The predicted molar refractivity (Wildman–Crippen MR) is 48.1 cm³/mol. The molecule has 0 spiro atoms. The van der Waals surface area contributed by atoms with E-state index in [1.165, 1.54) is 28.8 Å². The van der Waals surface area contributed by atoms with Crippen LogP contribution >= 0.6 is 0 Å². The van der Waals surface area contributed by atoms with E-state index in [1.807, 2.05) is 0 Å². The minimum Gasteiger partial charge on any atom is -0.384 e. The minimum absolute atomic E-state index is 1.11. The summed E-state index contributed by atoms with van der Waals surface area (Å²) in [5, 5.41) is 3.41. The highest BCUT2D eigenvalue weighted by molar-refractivity contribution is 5.63. The van der Waals surface area contributed by atoms with E-state index in [4.69, 9.17) is 0 Å². The summed E-state index contributed by atoms with van der Waals surface area (Å²) in [6.07, 6.45) is 1.20. The first-order valence-electron chi connectivity index (χ1n) is 4.12. The van der Waals surface area contributed by atoms with Crippen LogP contribution in [0.1, 0.15) is 16.7 Å². The van der Waals surface area contributed by atoms with Gasteiger partial charge >= 0.3 is 0 Å². The molecule has 11 heavy (non-hydrogen) atoms. The van der Waals surface area contributed by atoms with Gasteiger partial charge in [-0.1, -0.05) is 12.1 Å². The monoisotopic (exact) mass is 147 g/mol. The third-order valence-corrected chi connectivity index (χ3v) is 2.43. The van der Waals surface area contributed by atoms with E-state index >= 15 is 0 Å². The van der Waals surface area contributed by atoms with Gasteiger partial charge in [0.05, 0.1) is 0 Å². The van der Waals surface area contributed by atoms with E-state index in [1.54, 1.807) is 0 Å². The zero-order valence-corrected chi connectivity index (χ0v) is 7.07. The maximum absolute atomic E-state index is 3.41. The first kappa shape index (κ1) is 6.71. The third-order valence-electron chi connectivity index (χ3n) is 2.43. The summed E-state index contributed by atoms with van der Waals surface area (Å²) in [5.41, 5.74) is 5.70. The van der Waals surface area contributed by atoms with Crippen molar-refractivity contribution in [2.75, 3.05) is 11.9 Å². The standard InChI is InChI=1S/C10H13N/c1-7-3-4-8(2)10-9(7)5-6-11-10/h3-4,11H,5-6H2,1-2H3. The molecule has 0 atom stereocenters. The average Bonchev–Trinajstić information content (AvgIpc) is 2.45. The molecule has 1 heteroatoms. The number of anilines is 1. The lowest BCUT2D eigenvalue weighted by atomic mass is 10.0. The lowest BCUT2D eigenvalue weighted by Gasteiger charge is -2.05. The fourth-order valence-electron chi connectivity index (χ4n) is 1.75. The second-order valence-electron chi connectivity index (χ2n) is 3.23. The van der Waals surface area contributed by atoms with Gasteiger partial charge in [-0.05, 0) is 37.0 Å². The number of fused-ring (bicyclic) bond motifs is 1. The first-order valence-corrected chi connectivity index (χ1v) is 4.12. The molecule has 58 valence electrons. The Morgan fingerprint density at radius 2 is 1.91 bits per heavy atom. The quantitative estimate of drug-likeness (QED) is 0.593. The Balaban J connectivity index is 2.64. The molecule has 0 aliphatic carbocycles. The molecule has 1 N–H and O–H groups in total. The van der Waals surface area contributed by atoms with Crippen LogP contribution in [0.5, 0.6) is 0 Å². The molecule has 1 aromatic carbocycles. The fraction of sp³-hybridized carbons (Fsp3) is 0.400. The predicted octanol–water partition coefficient (Wildman–Crippen LogP) is 2.27. The van der Waals surface area contributed by atoms with Crippen LogP contribution in [0.3, 0.4) is 0 Å². The zero-order chi connectivity index (χ0) is 7.84. The van der Waals surface area contributed by atoms with E-state index in [2.05, 4.69) is 31.3 Å². The molecule has 0 amide bonds. The van der Waals surface area contributed by atoms with Crippen LogP contribution in [0.15, 0.2) is 12.1 Å². The van der Waals surface area contributed by atoms with Crippen LogP contribution in [0, 0.1) is 13.8 Å². The Bertz CT molecular complexity index is 260. The Hall–Kier alpha value is -0.980. The molecular formula is C10H13N. The van der Waals surface area contributed by atoms with E-state index in [9.17, 15) is 0 Å². The molecule has 0 unspecified atom stereocenters. The molecule has 0 bridgehead atoms. The lowest BCUT2D eigenvalue weighted by molar-refractivity contribution is 1.09. The van der Waals surface area contributed by atoms with Gasteiger partial charge in [0.15, 0.2) is 0 Å². The molecule has 1 aliphatic heterocycles. The number of nitrogens with one attached hydrogen (secondary N) is 1. The molecule has 0 fully saturated rings. The number of aryl methyl sites for hydroxylation is 2. The lowest BCUT2D eigenvalue weighted by Crippen LogP contribution is -1.92. The van der Waals surface area contributed by atoms with Crippen LogP contribution in [-0.4, -0.2) is 6.54 Å². The normalized spacial score (nSPS) is 14.4. The SMILES string of the molecule is Cc1ccc(C)c2c1CCN2. The Labute approximate surface area is 67.4 Å². The summed E-state index contributed by atoms with van der Waals surface area (Å²) in [6.45, 7) is 5.46. The molecule has 2 rings (SSSR count). The molecule has 1 aromatic rings. The zero-order valence-electron chi connectivity index (χ0n) is 7.07. The highest BCUT2D eigenvalue weighted by Crippen LogP contribution is 2.28. The maximum Gasteiger partial charge on any atom is 0.0405 e. The van der Waals surface area contributed by atoms with Crippen LogP contribution in [0.2, 0.25) is 0 Å². The van der Waals surface area contributed by atoms with Crippen molar-refractivity contribution in [2.24, 2.45) is 0 Å².